The highest BCUT2D eigenvalue weighted by Crippen LogP contribution is 2.42. The maximum Gasteiger partial charge on any atom is 0.319 e. The van der Waals surface area contributed by atoms with Crippen molar-refractivity contribution in [1.82, 2.24) is 29.5 Å². The lowest BCUT2D eigenvalue weighted by atomic mass is 9.96. The number of aryl methyl sites for hydroxylation is 2. The first kappa shape index (κ1) is 27.4. The minimum absolute atomic E-state index is 0.111. The molecule has 1 amide bonds. The summed E-state index contributed by atoms with van der Waals surface area (Å²) in [6.07, 6.45) is 5.22. The van der Waals surface area contributed by atoms with Gasteiger partial charge in [0.25, 0.3) is 0 Å². The molecule has 214 valence electrons. The summed E-state index contributed by atoms with van der Waals surface area (Å²) in [6, 6.07) is 6.04. The van der Waals surface area contributed by atoms with E-state index in [1.165, 1.54) is 6.08 Å². The predicted molar refractivity (Wildman–Crippen MR) is 159 cm³/mol. The van der Waals surface area contributed by atoms with Gasteiger partial charge in [-0.05, 0) is 51.1 Å². The SMILES string of the molecule is C=CC(=O)N1CCN(c2nc(OC[C@@H]3CCCN3C)nc3c(F)c(-c4c(C)ccc5cnn(C)c45)c(Cl)cc23)CC1. The molecule has 9 nitrogen and oxygen atoms in total. The minimum atomic E-state index is -0.531. The number of anilines is 1. The van der Waals surface area contributed by atoms with Crippen LogP contribution >= 0.6 is 11.6 Å². The summed E-state index contributed by atoms with van der Waals surface area (Å²) in [4.78, 5) is 27.6. The molecule has 2 fully saturated rings. The Labute approximate surface area is 243 Å². The smallest absolute Gasteiger partial charge is 0.319 e. The average molecular weight is 578 g/mol. The van der Waals surface area contributed by atoms with Crippen molar-refractivity contribution in [3.63, 3.8) is 0 Å². The van der Waals surface area contributed by atoms with E-state index in [4.69, 9.17) is 21.3 Å². The molecule has 0 aliphatic carbocycles. The van der Waals surface area contributed by atoms with Gasteiger partial charge in [0, 0.05) is 61.2 Å². The van der Waals surface area contributed by atoms with E-state index < -0.39 is 5.82 Å². The summed E-state index contributed by atoms with van der Waals surface area (Å²) in [6.45, 7) is 8.99. The minimum Gasteiger partial charge on any atom is -0.462 e. The number of halogens is 2. The second-order valence-corrected chi connectivity index (χ2v) is 11.2. The maximum atomic E-state index is 16.8. The highest BCUT2D eigenvalue weighted by molar-refractivity contribution is 6.35. The van der Waals surface area contributed by atoms with E-state index in [0.717, 1.165) is 35.9 Å². The number of hydrogen-bond donors (Lipinski definition) is 0. The molecular weight excluding hydrogens is 545 g/mol. The van der Waals surface area contributed by atoms with Crippen LogP contribution in [0.5, 0.6) is 6.01 Å². The van der Waals surface area contributed by atoms with Crippen LogP contribution in [0, 0.1) is 12.7 Å². The number of rotatable bonds is 6. The number of likely N-dealkylation sites (N-methyl/N-ethyl adjacent to an activating group) is 1. The zero-order valence-electron chi connectivity index (χ0n) is 23.5. The van der Waals surface area contributed by atoms with Crippen LogP contribution < -0.4 is 9.64 Å². The fourth-order valence-electron chi connectivity index (χ4n) is 6.01. The third-order valence-electron chi connectivity index (χ3n) is 8.35. The normalized spacial score (nSPS) is 18.0. The van der Waals surface area contributed by atoms with Crippen molar-refractivity contribution in [2.24, 2.45) is 7.05 Å². The third-order valence-corrected chi connectivity index (χ3v) is 8.64. The molecule has 2 aliphatic heterocycles. The van der Waals surface area contributed by atoms with Gasteiger partial charge in [0.2, 0.25) is 5.91 Å². The van der Waals surface area contributed by atoms with Gasteiger partial charge in [0.15, 0.2) is 5.82 Å². The standard InChI is InChI=1S/C30H33ClFN7O2/c1-5-23(40)38-11-13-39(14-12-38)29-21-15-22(31)25(24-18(2)8-9-19-16-33-37(4)28(19)24)26(32)27(21)34-30(35-29)41-17-20-7-6-10-36(20)3/h5,8-9,15-16,20H,1,6-7,10-14,17H2,2-4H3/t20-/m0/s1. The molecule has 2 aromatic heterocycles. The van der Waals surface area contributed by atoms with Crippen LogP contribution in [-0.4, -0.2) is 87.9 Å². The van der Waals surface area contributed by atoms with Gasteiger partial charge in [0.1, 0.15) is 17.9 Å². The Morgan fingerprint density at radius 3 is 2.66 bits per heavy atom. The molecular formula is C30H33ClFN7O2. The van der Waals surface area contributed by atoms with Crippen molar-refractivity contribution in [1.29, 1.82) is 0 Å². The number of hydrogen-bond acceptors (Lipinski definition) is 7. The number of carbonyl (C=O) groups is 1. The molecule has 11 heteroatoms. The number of likely N-dealkylation sites (tertiary alicyclic amines) is 1. The van der Waals surface area contributed by atoms with E-state index in [-0.39, 0.29) is 34.1 Å². The summed E-state index contributed by atoms with van der Waals surface area (Å²) in [5, 5.41) is 6.04. The summed E-state index contributed by atoms with van der Waals surface area (Å²) in [7, 11) is 3.91. The summed E-state index contributed by atoms with van der Waals surface area (Å²) in [5.74, 6) is -0.102. The molecule has 41 heavy (non-hydrogen) atoms. The van der Waals surface area contributed by atoms with E-state index in [9.17, 15) is 4.79 Å². The Hall–Kier alpha value is -3.76. The molecule has 2 aliphatic rings. The Balaban J connectivity index is 1.48. The lowest BCUT2D eigenvalue weighted by molar-refractivity contribution is -0.126. The van der Waals surface area contributed by atoms with Crippen LogP contribution in [0.2, 0.25) is 5.02 Å². The van der Waals surface area contributed by atoms with Crippen molar-refractivity contribution in [2.75, 3.05) is 51.3 Å². The predicted octanol–water partition coefficient (Wildman–Crippen LogP) is 4.59. The first-order valence-electron chi connectivity index (χ1n) is 13.9. The molecule has 0 unspecified atom stereocenters. The number of nitrogens with zero attached hydrogens (tertiary/aromatic N) is 7. The molecule has 1 atom stereocenters. The number of piperazine rings is 1. The van der Waals surface area contributed by atoms with E-state index in [1.54, 1.807) is 21.8 Å². The second-order valence-electron chi connectivity index (χ2n) is 10.8. The average Bonchev–Trinajstić information content (AvgIpc) is 3.57. The highest BCUT2D eigenvalue weighted by atomic mass is 35.5. The first-order valence-corrected chi connectivity index (χ1v) is 14.3. The molecule has 6 rings (SSSR count). The summed E-state index contributed by atoms with van der Waals surface area (Å²) >= 11 is 6.89. The van der Waals surface area contributed by atoms with Gasteiger partial charge in [-0.15, -0.1) is 0 Å². The van der Waals surface area contributed by atoms with E-state index in [0.29, 0.717) is 49.6 Å². The third kappa shape index (κ3) is 4.89. The largest absolute Gasteiger partial charge is 0.462 e. The number of fused-ring (bicyclic) bond motifs is 2. The van der Waals surface area contributed by atoms with Crippen LogP contribution in [0.25, 0.3) is 32.9 Å². The summed E-state index contributed by atoms with van der Waals surface area (Å²) < 4.78 is 24.6. The van der Waals surface area contributed by atoms with E-state index >= 15 is 4.39 Å². The van der Waals surface area contributed by atoms with E-state index in [1.807, 2.05) is 31.0 Å². The molecule has 0 bridgehead atoms. The van der Waals surface area contributed by atoms with Crippen LogP contribution in [0.1, 0.15) is 18.4 Å². The highest BCUT2D eigenvalue weighted by Gasteiger charge is 2.28. The maximum absolute atomic E-state index is 16.8. The van der Waals surface area contributed by atoms with Crippen molar-refractivity contribution >= 4 is 45.1 Å². The number of carbonyl (C=O) groups excluding carboxylic acids is 1. The molecule has 0 saturated carbocycles. The van der Waals surface area contributed by atoms with Gasteiger partial charge in [0.05, 0.1) is 16.7 Å². The topological polar surface area (TPSA) is 79.6 Å². The quantitative estimate of drug-likeness (QED) is 0.310. The fraction of sp³-hybridized carbons (Fsp3) is 0.400. The zero-order valence-corrected chi connectivity index (χ0v) is 24.3. The van der Waals surface area contributed by atoms with Gasteiger partial charge >= 0.3 is 6.01 Å². The Kier molecular flexibility index (Phi) is 7.29. The van der Waals surface area contributed by atoms with Gasteiger partial charge in [-0.1, -0.05) is 30.3 Å². The number of aromatic nitrogens is 4. The van der Waals surface area contributed by atoms with Crippen LogP contribution in [0.3, 0.4) is 0 Å². The number of amides is 1. The summed E-state index contributed by atoms with van der Waals surface area (Å²) in [5.41, 5.74) is 2.77. The second kappa shape index (κ2) is 10.9. The molecule has 2 saturated heterocycles. The molecule has 4 heterocycles. The van der Waals surface area contributed by atoms with Crippen LogP contribution in [0.15, 0.2) is 37.1 Å². The Morgan fingerprint density at radius 1 is 1.17 bits per heavy atom. The van der Waals surface area contributed by atoms with Crippen molar-refractivity contribution in [2.45, 2.75) is 25.8 Å². The van der Waals surface area contributed by atoms with Crippen molar-refractivity contribution < 1.29 is 13.9 Å². The Bertz CT molecular complexity index is 1660. The Morgan fingerprint density at radius 2 is 1.95 bits per heavy atom. The fourth-order valence-corrected chi connectivity index (χ4v) is 6.29. The number of ether oxygens (including phenoxy) is 1. The lowest BCUT2D eigenvalue weighted by Crippen LogP contribution is -2.48. The van der Waals surface area contributed by atoms with Crippen molar-refractivity contribution in [3.8, 4) is 17.1 Å². The van der Waals surface area contributed by atoms with Gasteiger partial charge in [-0.2, -0.15) is 15.1 Å². The van der Waals surface area contributed by atoms with Gasteiger partial charge in [-0.3, -0.25) is 9.48 Å². The van der Waals surface area contributed by atoms with Crippen molar-refractivity contribution in [3.05, 3.63) is 53.5 Å². The van der Waals surface area contributed by atoms with Crippen LogP contribution in [-0.2, 0) is 11.8 Å². The van der Waals surface area contributed by atoms with Crippen LogP contribution in [0.4, 0.5) is 10.2 Å². The molecule has 0 radical (unpaired) electrons. The molecule has 0 spiro atoms. The lowest BCUT2D eigenvalue weighted by Gasteiger charge is -2.35. The molecule has 0 N–H and O–H groups in total. The number of benzene rings is 2. The zero-order chi connectivity index (χ0) is 28.8. The first-order chi connectivity index (χ1) is 19.8. The van der Waals surface area contributed by atoms with E-state index in [2.05, 4.69) is 28.6 Å². The monoisotopic (exact) mass is 577 g/mol. The van der Waals surface area contributed by atoms with Gasteiger partial charge in [-0.25, -0.2) is 4.39 Å². The molecule has 4 aromatic rings. The molecule has 2 aromatic carbocycles. The van der Waals surface area contributed by atoms with Gasteiger partial charge < -0.3 is 19.4 Å².